The minimum atomic E-state index is -0.578. The van der Waals surface area contributed by atoms with Crippen LogP contribution in [0, 0.1) is 13.8 Å². The predicted molar refractivity (Wildman–Crippen MR) is 72.5 cm³/mol. The maximum atomic E-state index is 11.8. The van der Waals surface area contributed by atoms with E-state index in [1.54, 1.807) is 0 Å². The average Bonchev–Trinajstić information content (AvgIpc) is 2.34. The normalized spacial score (nSPS) is 10.0. The van der Waals surface area contributed by atoms with Gasteiger partial charge in [-0.15, -0.1) is 0 Å². The Balaban J connectivity index is 2.78. The first kappa shape index (κ1) is 14.2. The lowest BCUT2D eigenvalue weighted by atomic mass is 10.1. The summed E-state index contributed by atoms with van der Waals surface area (Å²) in [6.07, 6.45) is 0. The highest BCUT2D eigenvalue weighted by atomic mass is 16.2. The Bertz CT molecular complexity index is 451. The lowest BCUT2D eigenvalue weighted by Gasteiger charge is -2.18. The first-order valence-electron chi connectivity index (χ1n) is 6.17. The largest absolute Gasteiger partial charge is 0.335 e. The molecule has 4 heteroatoms. The minimum Gasteiger partial charge on any atom is -0.335 e. The average molecular weight is 248 g/mol. The van der Waals surface area contributed by atoms with Crippen molar-refractivity contribution in [3.8, 4) is 0 Å². The van der Waals surface area contributed by atoms with Crippen molar-refractivity contribution in [2.24, 2.45) is 0 Å². The smallest absolute Gasteiger partial charge is 0.313 e. The number of carbonyl (C=O) groups is 2. The molecule has 0 bridgehead atoms. The second-order valence-corrected chi connectivity index (χ2v) is 4.25. The second kappa shape index (κ2) is 6.19. The Morgan fingerprint density at radius 3 is 2.28 bits per heavy atom. The first-order chi connectivity index (χ1) is 8.49. The molecule has 1 aromatic carbocycles. The third-order valence-electron chi connectivity index (χ3n) is 2.88. The van der Waals surface area contributed by atoms with Crippen LogP contribution < -0.4 is 5.32 Å². The number of hydrogen-bond acceptors (Lipinski definition) is 2. The number of amides is 2. The quantitative estimate of drug-likeness (QED) is 0.833. The molecule has 0 unspecified atom stereocenters. The van der Waals surface area contributed by atoms with Gasteiger partial charge in [-0.1, -0.05) is 17.7 Å². The van der Waals surface area contributed by atoms with Gasteiger partial charge in [0.05, 0.1) is 0 Å². The molecule has 1 rings (SSSR count). The lowest BCUT2D eigenvalue weighted by Crippen LogP contribution is -2.39. The van der Waals surface area contributed by atoms with Crippen LogP contribution in [0.4, 0.5) is 5.69 Å². The third kappa shape index (κ3) is 3.32. The van der Waals surface area contributed by atoms with Gasteiger partial charge in [-0.05, 0) is 39.3 Å². The first-order valence-corrected chi connectivity index (χ1v) is 6.17. The van der Waals surface area contributed by atoms with Crippen molar-refractivity contribution in [1.82, 2.24) is 4.90 Å². The Morgan fingerprint density at radius 1 is 1.17 bits per heavy atom. The van der Waals surface area contributed by atoms with Gasteiger partial charge in [0.1, 0.15) is 0 Å². The van der Waals surface area contributed by atoms with E-state index in [2.05, 4.69) is 5.32 Å². The molecule has 0 saturated carbocycles. The summed E-state index contributed by atoms with van der Waals surface area (Å²) in [5, 5.41) is 2.66. The van der Waals surface area contributed by atoms with E-state index >= 15 is 0 Å². The van der Waals surface area contributed by atoms with E-state index in [1.165, 1.54) is 4.90 Å². The zero-order valence-electron chi connectivity index (χ0n) is 11.4. The summed E-state index contributed by atoms with van der Waals surface area (Å²) in [5.74, 6) is -1.06. The number of hydrogen-bond donors (Lipinski definition) is 1. The summed E-state index contributed by atoms with van der Waals surface area (Å²) >= 11 is 0. The number of nitrogens with one attached hydrogen (secondary N) is 1. The molecule has 0 spiro atoms. The number of aryl methyl sites for hydroxylation is 2. The van der Waals surface area contributed by atoms with Gasteiger partial charge in [0.25, 0.3) is 0 Å². The number of likely N-dealkylation sites (N-methyl/N-ethyl adjacent to an activating group) is 1. The number of nitrogens with zero attached hydrogens (tertiary/aromatic N) is 1. The van der Waals surface area contributed by atoms with Crippen LogP contribution in [0.3, 0.4) is 0 Å². The Morgan fingerprint density at radius 2 is 1.78 bits per heavy atom. The van der Waals surface area contributed by atoms with E-state index in [0.29, 0.717) is 18.8 Å². The summed E-state index contributed by atoms with van der Waals surface area (Å²) in [7, 11) is 0. The lowest BCUT2D eigenvalue weighted by molar-refractivity contribution is -0.142. The van der Waals surface area contributed by atoms with Crippen molar-refractivity contribution in [1.29, 1.82) is 0 Å². The standard InChI is InChI=1S/C14H20N2O2/c1-5-16(6-2)14(18)13(17)15-12-8-7-10(3)9-11(12)4/h7-9H,5-6H2,1-4H3,(H,15,17). The summed E-state index contributed by atoms with van der Waals surface area (Å²) in [4.78, 5) is 25.1. The van der Waals surface area contributed by atoms with E-state index in [-0.39, 0.29) is 0 Å². The van der Waals surface area contributed by atoms with Crippen LogP contribution in [0.5, 0.6) is 0 Å². The van der Waals surface area contributed by atoms with E-state index in [4.69, 9.17) is 0 Å². The molecule has 0 aliphatic carbocycles. The van der Waals surface area contributed by atoms with Crippen molar-refractivity contribution < 1.29 is 9.59 Å². The van der Waals surface area contributed by atoms with Crippen molar-refractivity contribution >= 4 is 17.5 Å². The third-order valence-corrected chi connectivity index (χ3v) is 2.88. The van der Waals surface area contributed by atoms with Crippen LogP contribution in [0.25, 0.3) is 0 Å². The second-order valence-electron chi connectivity index (χ2n) is 4.25. The van der Waals surface area contributed by atoms with Crippen LogP contribution in [-0.2, 0) is 9.59 Å². The molecule has 1 aromatic rings. The van der Waals surface area contributed by atoms with E-state index in [0.717, 1.165) is 11.1 Å². The van der Waals surface area contributed by atoms with Crippen molar-refractivity contribution in [3.05, 3.63) is 29.3 Å². The van der Waals surface area contributed by atoms with Gasteiger partial charge in [-0.25, -0.2) is 0 Å². The fourth-order valence-electron chi connectivity index (χ4n) is 1.78. The van der Waals surface area contributed by atoms with Crippen LogP contribution in [0.2, 0.25) is 0 Å². The van der Waals surface area contributed by atoms with Crippen LogP contribution in [0.1, 0.15) is 25.0 Å². The van der Waals surface area contributed by atoms with E-state index in [1.807, 2.05) is 45.9 Å². The van der Waals surface area contributed by atoms with Gasteiger partial charge in [0.2, 0.25) is 0 Å². The molecule has 0 atom stereocenters. The maximum absolute atomic E-state index is 11.8. The predicted octanol–water partition coefficient (Wildman–Crippen LogP) is 2.11. The van der Waals surface area contributed by atoms with Crippen LogP contribution >= 0.6 is 0 Å². The van der Waals surface area contributed by atoms with Gasteiger partial charge in [-0.2, -0.15) is 0 Å². The topological polar surface area (TPSA) is 49.4 Å². The molecule has 0 aromatic heterocycles. The summed E-state index contributed by atoms with van der Waals surface area (Å²) in [6.45, 7) is 8.67. The fourth-order valence-corrected chi connectivity index (χ4v) is 1.78. The highest BCUT2D eigenvalue weighted by molar-refractivity contribution is 6.39. The summed E-state index contributed by atoms with van der Waals surface area (Å²) < 4.78 is 0. The molecule has 0 aliphatic heterocycles. The monoisotopic (exact) mass is 248 g/mol. The summed E-state index contributed by atoms with van der Waals surface area (Å²) in [5.41, 5.74) is 2.77. The van der Waals surface area contributed by atoms with Gasteiger partial charge < -0.3 is 10.2 Å². The molecular formula is C14H20N2O2. The molecule has 0 aliphatic rings. The Labute approximate surface area is 108 Å². The molecule has 0 saturated heterocycles. The van der Waals surface area contributed by atoms with Gasteiger partial charge in [0.15, 0.2) is 0 Å². The molecule has 1 N–H and O–H groups in total. The van der Waals surface area contributed by atoms with Gasteiger partial charge in [0, 0.05) is 18.8 Å². The molecule has 0 radical (unpaired) electrons. The van der Waals surface area contributed by atoms with Crippen molar-refractivity contribution in [3.63, 3.8) is 0 Å². The molecular weight excluding hydrogens is 228 g/mol. The molecule has 0 fully saturated rings. The molecule has 0 heterocycles. The van der Waals surface area contributed by atoms with Crippen molar-refractivity contribution in [2.45, 2.75) is 27.7 Å². The highest BCUT2D eigenvalue weighted by Gasteiger charge is 2.19. The molecule has 2 amide bonds. The van der Waals surface area contributed by atoms with Crippen LogP contribution in [-0.4, -0.2) is 29.8 Å². The minimum absolute atomic E-state index is 0.486. The SMILES string of the molecule is CCN(CC)C(=O)C(=O)Nc1ccc(C)cc1C. The highest BCUT2D eigenvalue weighted by Crippen LogP contribution is 2.15. The van der Waals surface area contributed by atoms with Gasteiger partial charge >= 0.3 is 11.8 Å². The molecule has 98 valence electrons. The molecule has 18 heavy (non-hydrogen) atoms. The zero-order valence-corrected chi connectivity index (χ0v) is 11.4. The van der Waals surface area contributed by atoms with Gasteiger partial charge in [-0.3, -0.25) is 9.59 Å². The van der Waals surface area contributed by atoms with E-state index < -0.39 is 11.8 Å². The number of anilines is 1. The fraction of sp³-hybridized carbons (Fsp3) is 0.429. The summed E-state index contributed by atoms with van der Waals surface area (Å²) in [6, 6.07) is 5.69. The number of rotatable bonds is 3. The number of benzene rings is 1. The van der Waals surface area contributed by atoms with Crippen LogP contribution in [0.15, 0.2) is 18.2 Å². The van der Waals surface area contributed by atoms with E-state index in [9.17, 15) is 9.59 Å². The zero-order chi connectivity index (χ0) is 13.7. The number of carbonyl (C=O) groups excluding carboxylic acids is 2. The molecule has 4 nitrogen and oxygen atoms in total. The Hall–Kier alpha value is -1.84. The van der Waals surface area contributed by atoms with Crippen molar-refractivity contribution in [2.75, 3.05) is 18.4 Å². The maximum Gasteiger partial charge on any atom is 0.313 e. The Kier molecular flexibility index (Phi) is 4.89.